The Balaban J connectivity index is 2.61. The van der Waals surface area contributed by atoms with Gasteiger partial charge in [-0.2, -0.15) is 0 Å². The maximum atomic E-state index is 11.0. The fraction of sp³-hybridized carbons (Fsp3) is 0.500. The molecule has 0 bridgehead atoms. The van der Waals surface area contributed by atoms with Crippen LogP contribution in [0.15, 0.2) is 10.9 Å². The molecule has 0 aliphatic carbocycles. The van der Waals surface area contributed by atoms with Gasteiger partial charge in [-0.05, 0) is 19.9 Å². The third kappa shape index (κ3) is 3.25. The van der Waals surface area contributed by atoms with Crippen molar-refractivity contribution in [2.75, 3.05) is 18.4 Å². The molecule has 5 nitrogen and oxygen atoms in total. The molecule has 0 unspecified atom stereocenters. The summed E-state index contributed by atoms with van der Waals surface area (Å²) in [5, 5.41) is 3.02. The number of hydrogen-bond donors (Lipinski definition) is 3. The van der Waals surface area contributed by atoms with Crippen molar-refractivity contribution in [2.45, 2.75) is 13.3 Å². The zero-order valence-corrected chi connectivity index (χ0v) is 7.63. The number of aromatic nitrogens is 2. The van der Waals surface area contributed by atoms with Crippen LogP contribution in [0.4, 0.5) is 5.82 Å². The van der Waals surface area contributed by atoms with Crippen molar-refractivity contribution < 1.29 is 0 Å². The minimum Gasteiger partial charge on any atom is -0.370 e. The van der Waals surface area contributed by atoms with Crippen molar-refractivity contribution in [1.82, 2.24) is 9.97 Å². The summed E-state index contributed by atoms with van der Waals surface area (Å²) >= 11 is 0. The maximum Gasteiger partial charge on any atom is 0.252 e. The van der Waals surface area contributed by atoms with Crippen molar-refractivity contribution in [3.05, 3.63) is 22.2 Å². The predicted octanol–water partition coefficient (Wildman–Crippen LogP) is -0.161. The number of aryl methyl sites for hydroxylation is 1. The lowest BCUT2D eigenvalue weighted by Gasteiger charge is -2.03. The number of anilines is 1. The van der Waals surface area contributed by atoms with E-state index in [4.69, 9.17) is 5.73 Å². The van der Waals surface area contributed by atoms with E-state index in [0.717, 1.165) is 13.0 Å². The van der Waals surface area contributed by atoms with Crippen LogP contribution < -0.4 is 16.6 Å². The highest BCUT2D eigenvalue weighted by molar-refractivity contribution is 5.32. The van der Waals surface area contributed by atoms with E-state index in [1.165, 1.54) is 6.07 Å². The fourth-order valence-corrected chi connectivity index (χ4v) is 0.989. The van der Waals surface area contributed by atoms with Gasteiger partial charge in [-0.25, -0.2) is 4.98 Å². The van der Waals surface area contributed by atoms with Crippen LogP contribution in [0, 0.1) is 6.92 Å². The van der Waals surface area contributed by atoms with E-state index >= 15 is 0 Å². The second-order valence-electron chi connectivity index (χ2n) is 2.79. The van der Waals surface area contributed by atoms with Gasteiger partial charge in [0.15, 0.2) is 0 Å². The zero-order chi connectivity index (χ0) is 9.68. The molecule has 0 saturated carbocycles. The SMILES string of the molecule is Cc1nc(NCCCN)cc(=O)[nH]1. The van der Waals surface area contributed by atoms with Crippen LogP contribution in [0.1, 0.15) is 12.2 Å². The molecule has 5 heteroatoms. The topological polar surface area (TPSA) is 83.8 Å². The Hall–Kier alpha value is -1.36. The summed E-state index contributed by atoms with van der Waals surface area (Å²) < 4.78 is 0. The quantitative estimate of drug-likeness (QED) is 0.565. The number of nitrogens with zero attached hydrogens (tertiary/aromatic N) is 1. The Kier molecular flexibility index (Phi) is 3.45. The molecule has 0 amide bonds. The molecule has 0 fully saturated rings. The van der Waals surface area contributed by atoms with Crippen molar-refractivity contribution in [3.63, 3.8) is 0 Å². The molecule has 1 aromatic heterocycles. The molecule has 1 aromatic rings. The smallest absolute Gasteiger partial charge is 0.252 e. The molecule has 0 spiro atoms. The molecule has 0 aromatic carbocycles. The van der Waals surface area contributed by atoms with E-state index in [-0.39, 0.29) is 5.56 Å². The van der Waals surface area contributed by atoms with E-state index in [1.54, 1.807) is 6.92 Å². The van der Waals surface area contributed by atoms with Gasteiger partial charge in [0, 0.05) is 12.6 Å². The molecule has 0 radical (unpaired) electrons. The molecule has 72 valence electrons. The number of nitrogens with two attached hydrogens (primary N) is 1. The normalized spacial score (nSPS) is 10.0. The molecular formula is C8H14N4O. The third-order valence-electron chi connectivity index (χ3n) is 1.55. The lowest BCUT2D eigenvalue weighted by Crippen LogP contribution is -2.14. The molecule has 0 atom stereocenters. The first-order chi connectivity index (χ1) is 6.22. The maximum absolute atomic E-state index is 11.0. The Morgan fingerprint density at radius 3 is 3.08 bits per heavy atom. The first-order valence-electron chi connectivity index (χ1n) is 4.24. The predicted molar refractivity (Wildman–Crippen MR) is 51.8 cm³/mol. The van der Waals surface area contributed by atoms with E-state index in [9.17, 15) is 4.79 Å². The largest absolute Gasteiger partial charge is 0.370 e. The highest BCUT2D eigenvalue weighted by Gasteiger charge is 1.95. The van der Waals surface area contributed by atoms with Crippen molar-refractivity contribution >= 4 is 5.82 Å². The molecule has 4 N–H and O–H groups in total. The Morgan fingerprint density at radius 2 is 2.46 bits per heavy atom. The van der Waals surface area contributed by atoms with Gasteiger partial charge in [-0.3, -0.25) is 4.79 Å². The van der Waals surface area contributed by atoms with E-state index in [2.05, 4.69) is 15.3 Å². The average molecular weight is 182 g/mol. The van der Waals surface area contributed by atoms with Gasteiger partial charge in [-0.1, -0.05) is 0 Å². The summed E-state index contributed by atoms with van der Waals surface area (Å²) in [4.78, 5) is 17.7. The first-order valence-corrected chi connectivity index (χ1v) is 4.24. The summed E-state index contributed by atoms with van der Waals surface area (Å²) in [5.74, 6) is 1.22. The third-order valence-corrected chi connectivity index (χ3v) is 1.55. The molecule has 1 rings (SSSR count). The van der Waals surface area contributed by atoms with E-state index in [0.29, 0.717) is 18.2 Å². The van der Waals surface area contributed by atoms with Crippen LogP contribution in [0.3, 0.4) is 0 Å². The molecule has 1 heterocycles. The lowest BCUT2D eigenvalue weighted by atomic mass is 10.4. The second kappa shape index (κ2) is 4.61. The van der Waals surface area contributed by atoms with Crippen molar-refractivity contribution in [1.29, 1.82) is 0 Å². The number of H-pyrrole nitrogens is 1. The van der Waals surface area contributed by atoms with Gasteiger partial charge in [0.25, 0.3) is 5.56 Å². The van der Waals surface area contributed by atoms with Crippen molar-refractivity contribution in [2.24, 2.45) is 5.73 Å². The van der Waals surface area contributed by atoms with Crippen LogP contribution in [0.25, 0.3) is 0 Å². The van der Waals surface area contributed by atoms with Gasteiger partial charge in [0.1, 0.15) is 11.6 Å². The number of nitrogens with one attached hydrogen (secondary N) is 2. The Morgan fingerprint density at radius 1 is 1.69 bits per heavy atom. The Labute approximate surface area is 76.4 Å². The lowest BCUT2D eigenvalue weighted by molar-refractivity contribution is 0.865. The van der Waals surface area contributed by atoms with E-state index < -0.39 is 0 Å². The number of hydrogen-bond acceptors (Lipinski definition) is 4. The second-order valence-corrected chi connectivity index (χ2v) is 2.79. The summed E-state index contributed by atoms with van der Waals surface area (Å²) in [6.07, 6.45) is 0.869. The standard InChI is InChI=1S/C8H14N4O/c1-6-11-7(5-8(13)12-6)10-4-2-3-9/h5H,2-4,9H2,1H3,(H2,10,11,12,13). The fourth-order valence-electron chi connectivity index (χ4n) is 0.989. The molecule has 0 aliphatic rings. The van der Waals surface area contributed by atoms with Crippen LogP contribution in [-0.2, 0) is 0 Å². The van der Waals surface area contributed by atoms with Crippen LogP contribution in [-0.4, -0.2) is 23.1 Å². The average Bonchev–Trinajstić information content (AvgIpc) is 2.03. The minimum atomic E-state index is -0.136. The van der Waals surface area contributed by atoms with Crippen molar-refractivity contribution in [3.8, 4) is 0 Å². The van der Waals surface area contributed by atoms with Crippen LogP contribution >= 0.6 is 0 Å². The molecule has 0 saturated heterocycles. The summed E-state index contributed by atoms with van der Waals surface area (Å²) in [6, 6.07) is 1.43. The number of rotatable bonds is 4. The highest BCUT2D eigenvalue weighted by Crippen LogP contribution is 1.96. The van der Waals surface area contributed by atoms with Crippen LogP contribution in [0.2, 0.25) is 0 Å². The first kappa shape index (κ1) is 9.73. The van der Waals surface area contributed by atoms with Gasteiger partial charge < -0.3 is 16.0 Å². The van der Waals surface area contributed by atoms with E-state index in [1.807, 2.05) is 0 Å². The van der Waals surface area contributed by atoms with Crippen LogP contribution in [0.5, 0.6) is 0 Å². The summed E-state index contributed by atoms with van der Waals surface area (Å²) in [7, 11) is 0. The van der Waals surface area contributed by atoms with Gasteiger partial charge in [0.05, 0.1) is 0 Å². The molecular weight excluding hydrogens is 168 g/mol. The minimum absolute atomic E-state index is 0.136. The van der Waals surface area contributed by atoms with Gasteiger partial charge in [0.2, 0.25) is 0 Å². The number of aromatic amines is 1. The molecule has 13 heavy (non-hydrogen) atoms. The van der Waals surface area contributed by atoms with Gasteiger partial charge >= 0.3 is 0 Å². The zero-order valence-electron chi connectivity index (χ0n) is 7.63. The summed E-state index contributed by atoms with van der Waals surface area (Å²) in [6.45, 7) is 3.12. The van der Waals surface area contributed by atoms with Gasteiger partial charge in [-0.15, -0.1) is 0 Å². The highest BCUT2D eigenvalue weighted by atomic mass is 16.1. The monoisotopic (exact) mass is 182 g/mol. The Bertz CT molecular complexity index is 320. The molecule has 0 aliphatic heterocycles. The summed E-state index contributed by atoms with van der Waals surface area (Å²) in [5.41, 5.74) is 5.19.